The van der Waals surface area contributed by atoms with Crippen molar-refractivity contribution in [3.05, 3.63) is 34.9 Å². The van der Waals surface area contributed by atoms with E-state index < -0.39 is 0 Å². The SMILES string of the molecule is CC(C)COCCCNC(C)c1ccc(Cl)cc1. The summed E-state index contributed by atoms with van der Waals surface area (Å²) in [6.45, 7) is 9.16. The highest BCUT2D eigenvalue weighted by Crippen LogP contribution is 2.15. The zero-order valence-corrected chi connectivity index (χ0v) is 12.3. The van der Waals surface area contributed by atoms with E-state index in [9.17, 15) is 0 Å². The monoisotopic (exact) mass is 269 g/mol. The minimum atomic E-state index is 0.354. The van der Waals surface area contributed by atoms with Gasteiger partial charge in [0, 0.05) is 24.3 Å². The van der Waals surface area contributed by atoms with Gasteiger partial charge in [0.1, 0.15) is 0 Å². The van der Waals surface area contributed by atoms with E-state index in [0.29, 0.717) is 12.0 Å². The quantitative estimate of drug-likeness (QED) is 0.719. The minimum absolute atomic E-state index is 0.354. The number of halogens is 1. The van der Waals surface area contributed by atoms with Crippen LogP contribution >= 0.6 is 11.6 Å². The van der Waals surface area contributed by atoms with Crippen LogP contribution < -0.4 is 5.32 Å². The molecule has 1 aromatic carbocycles. The molecule has 0 bridgehead atoms. The fourth-order valence-electron chi connectivity index (χ4n) is 1.68. The highest BCUT2D eigenvalue weighted by molar-refractivity contribution is 6.30. The zero-order valence-electron chi connectivity index (χ0n) is 11.6. The van der Waals surface area contributed by atoms with Crippen molar-refractivity contribution < 1.29 is 4.74 Å². The van der Waals surface area contributed by atoms with E-state index in [2.05, 4.69) is 38.2 Å². The molecule has 0 radical (unpaired) electrons. The van der Waals surface area contributed by atoms with Crippen molar-refractivity contribution >= 4 is 11.6 Å². The van der Waals surface area contributed by atoms with Crippen molar-refractivity contribution in [1.82, 2.24) is 5.32 Å². The summed E-state index contributed by atoms with van der Waals surface area (Å²) < 4.78 is 5.54. The lowest BCUT2D eigenvalue weighted by Gasteiger charge is -2.14. The summed E-state index contributed by atoms with van der Waals surface area (Å²) in [5.74, 6) is 0.617. The summed E-state index contributed by atoms with van der Waals surface area (Å²) in [6.07, 6.45) is 1.05. The Hall–Kier alpha value is -0.570. The van der Waals surface area contributed by atoms with Gasteiger partial charge in [0.25, 0.3) is 0 Å². The van der Waals surface area contributed by atoms with E-state index >= 15 is 0 Å². The second-order valence-corrected chi connectivity index (χ2v) is 5.49. The number of benzene rings is 1. The summed E-state index contributed by atoms with van der Waals surface area (Å²) in [7, 11) is 0. The molecule has 1 atom stereocenters. The third-order valence-electron chi connectivity index (χ3n) is 2.74. The van der Waals surface area contributed by atoms with E-state index in [-0.39, 0.29) is 0 Å². The molecular formula is C15H24ClNO. The van der Waals surface area contributed by atoms with Crippen LogP contribution in [-0.4, -0.2) is 19.8 Å². The van der Waals surface area contributed by atoms with Gasteiger partial charge in [-0.1, -0.05) is 37.6 Å². The van der Waals surface area contributed by atoms with E-state index in [1.807, 2.05) is 12.1 Å². The molecule has 0 amide bonds. The maximum Gasteiger partial charge on any atom is 0.0489 e. The molecule has 3 heteroatoms. The molecule has 1 N–H and O–H groups in total. The molecular weight excluding hydrogens is 246 g/mol. The van der Waals surface area contributed by atoms with Gasteiger partial charge >= 0.3 is 0 Å². The number of rotatable bonds is 8. The molecule has 0 aliphatic rings. The minimum Gasteiger partial charge on any atom is -0.381 e. The van der Waals surface area contributed by atoms with Gasteiger partial charge in [-0.25, -0.2) is 0 Å². The average Bonchev–Trinajstić information content (AvgIpc) is 2.34. The molecule has 0 fully saturated rings. The highest BCUT2D eigenvalue weighted by atomic mass is 35.5. The number of nitrogens with one attached hydrogen (secondary N) is 1. The Bertz CT molecular complexity index is 324. The van der Waals surface area contributed by atoms with Crippen LogP contribution in [0, 0.1) is 5.92 Å². The van der Waals surface area contributed by atoms with Crippen molar-refractivity contribution in [2.24, 2.45) is 5.92 Å². The molecule has 102 valence electrons. The Kier molecular flexibility index (Phi) is 7.33. The van der Waals surface area contributed by atoms with Crippen LogP contribution in [0.1, 0.15) is 38.8 Å². The van der Waals surface area contributed by atoms with E-state index in [1.165, 1.54) is 5.56 Å². The van der Waals surface area contributed by atoms with Gasteiger partial charge in [-0.2, -0.15) is 0 Å². The summed E-state index contributed by atoms with van der Waals surface area (Å²) in [6, 6.07) is 8.35. The van der Waals surface area contributed by atoms with E-state index in [0.717, 1.165) is 31.2 Å². The van der Waals surface area contributed by atoms with E-state index in [1.54, 1.807) is 0 Å². The lowest BCUT2D eigenvalue weighted by Crippen LogP contribution is -2.21. The lowest BCUT2D eigenvalue weighted by atomic mass is 10.1. The Morgan fingerprint density at radius 1 is 1.17 bits per heavy atom. The lowest BCUT2D eigenvalue weighted by molar-refractivity contribution is 0.107. The van der Waals surface area contributed by atoms with Crippen molar-refractivity contribution in [3.63, 3.8) is 0 Å². The van der Waals surface area contributed by atoms with Crippen LogP contribution in [-0.2, 0) is 4.74 Å². The van der Waals surface area contributed by atoms with Crippen molar-refractivity contribution in [3.8, 4) is 0 Å². The summed E-state index contributed by atoms with van der Waals surface area (Å²) in [5.41, 5.74) is 1.27. The van der Waals surface area contributed by atoms with Crippen molar-refractivity contribution in [1.29, 1.82) is 0 Å². The Balaban J connectivity index is 2.13. The molecule has 0 saturated heterocycles. The number of ether oxygens (including phenoxy) is 1. The van der Waals surface area contributed by atoms with Gasteiger partial charge in [0.15, 0.2) is 0 Å². The predicted molar refractivity (Wildman–Crippen MR) is 78.1 cm³/mol. The largest absolute Gasteiger partial charge is 0.381 e. The fraction of sp³-hybridized carbons (Fsp3) is 0.600. The van der Waals surface area contributed by atoms with Gasteiger partial charge in [-0.3, -0.25) is 0 Å². The van der Waals surface area contributed by atoms with Gasteiger partial charge in [-0.05, 0) is 43.5 Å². The van der Waals surface area contributed by atoms with Gasteiger partial charge < -0.3 is 10.1 Å². The van der Waals surface area contributed by atoms with Crippen molar-refractivity contribution in [2.45, 2.75) is 33.2 Å². The van der Waals surface area contributed by atoms with Crippen molar-refractivity contribution in [2.75, 3.05) is 19.8 Å². The third kappa shape index (κ3) is 6.39. The highest BCUT2D eigenvalue weighted by Gasteiger charge is 2.03. The van der Waals surface area contributed by atoms with Crippen LogP contribution in [0.4, 0.5) is 0 Å². The number of hydrogen-bond donors (Lipinski definition) is 1. The summed E-state index contributed by atoms with van der Waals surface area (Å²) in [5, 5.41) is 4.27. The molecule has 0 heterocycles. The second kappa shape index (κ2) is 8.52. The fourth-order valence-corrected chi connectivity index (χ4v) is 1.81. The molecule has 1 rings (SSSR count). The molecule has 18 heavy (non-hydrogen) atoms. The van der Waals surface area contributed by atoms with Crippen LogP contribution in [0.3, 0.4) is 0 Å². The smallest absolute Gasteiger partial charge is 0.0489 e. The maximum atomic E-state index is 5.87. The molecule has 0 saturated carbocycles. The molecule has 0 aromatic heterocycles. The first-order valence-corrected chi connectivity index (χ1v) is 7.04. The van der Waals surface area contributed by atoms with Gasteiger partial charge in [0.2, 0.25) is 0 Å². The Morgan fingerprint density at radius 3 is 2.44 bits per heavy atom. The van der Waals surface area contributed by atoms with Gasteiger partial charge in [0.05, 0.1) is 0 Å². The summed E-state index contributed by atoms with van der Waals surface area (Å²) in [4.78, 5) is 0. The van der Waals surface area contributed by atoms with Crippen LogP contribution in [0.15, 0.2) is 24.3 Å². The summed E-state index contributed by atoms with van der Waals surface area (Å²) >= 11 is 5.87. The molecule has 0 aliphatic heterocycles. The Labute approximate surface area is 116 Å². The predicted octanol–water partition coefficient (Wildman–Crippen LogP) is 4.05. The Morgan fingerprint density at radius 2 is 1.83 bits per heavy atom. The number of hydrogen-bond acceptors (Lipinski definition) is 2. The average molecular weight is 270 g/mol. The molecule has 1 aromatic rings. The first kappa shape index (κ1) is 15.5. The molecule has 0 aliphatic carbocycles. The molecule has 0 spiro atoms. The maximum absolute atomic E-state index is 5.87. The first-order valence-electron chi connectivity index (χ1n) is 6.66. The van der Waals surface area contributed by atoms with Crippen LogP contribution in [0.25, 0.3) is 0 Å². The van der Waals surface area contributed by atoms with E-state index in [4.69, 9.17) is 16.3 Å². The topological polar surface area (TPSA) is 21.3 Å². The zero-order chi connectivity index (χ0) is 13.4. The molecule has 1 unspecified atom stereocenters. The second-order valence-electron chi connectivity index (χ2n) is 5.05. The van der Waals surface area contributed by atoms with Crippen LogP contribution in [0.5, 0.6) is 0 Å². The first-order chi connectivity index (χ1) is 8.59. The van der Waals surface area contributed by atoms with Gasteiger partial charge in [-0.15, -0.1) is 0 Å². The third-order valence-corrected chi connectivity index (χ3v) is 2.99. The standard InChI is InChI=1S/C15H24ClNO/c1-12(2)11-18-10-4-9-17-13(3)14-5-7-15(16)8-6-14/h5-8,12-13,17H,4,9-11H2,1-3H3. The normalized spacial score (nSPS) is 12.9. The van der Waals surface area contributed by atoms with Crippen LogP contribution in [0.2, 0.25) is 5.02 Å². The molecule has 2 nitrogen and oxygen atoms in total.